The first-order valence-corrected chi connectivity index (χ1v) is 4.24. The Balaban J connectivity index is 3.83. The fraction of sp³-hybridized carbons (Fsp3) is 0.200. The zero-order valence-electron chi connectivity index (χ0n) is 5.87. The molecule has 0 heterocycles. The molecule has 0 saturated heterocycles. The minimum absolute atomic E-state index is 0.0737. The minimum Gasteiger partial charge on any atom is -0.508 e. The van der Waals surface area contributed by atoms with E-state index in [1.807, 2.05) is 0 Å². The van der Waals surface area contributed by atoms with E-state index in [0.717, 1.165) is 0 Å². The van der Waals surface area contributed by atoms with E-state index >= 15 is 0 Å². The third-order valence-electron chi connectivity index (χ3n) is 0.868. The van der Waals surface area contributed by atoms with Crippen LogP contribution in [0.15, 0.2) is 12.2 Å². The number of carbonyl (C=O) groups is 2. The van der Waals surface area contributed by atoms with Gasteiger partial charge in [-0.2, -0.15) is 0 Å². The maximum atomic E-state index is 10.6. The van der Waals surface area contributed by atoms with Gasteiger partial charge in [-0.25, -0.2) is 4.79 Å². The van der Waals surface area contributed by atoms with Crippen molar-refractivity contribution >= 4 is 21.9 Å². The van der Waals surface area contributed by atoms with E-state index in [9.17, 15) is 9.59 Å². The Kier molecular flexibility index (Phi) is 4.16. The maximum absolute atomic E-state index is 10.6. The van der Waals surface area contributed by atoms with Crippen molar-refractivity contribution < 1.29 is 19.1 Å². The maximum Gasteiger partial charge on any atom is 0.321 e. The molecule has 0 aliphatic heterocycles. The van der Waals surface area contributed by atoms with Gasteiger partial charge >= 0.3 is 11.9 Å². The molecule has 0 fully saturated rings. The van der Waals surface area contributed by atoms with Crippen molar-refractivity contribution in [3.8, 4) is 0 Å². The van der Waals surface area contributed by atoms with E-state index in [1.54, 1.807) is 0 Å². The summed E-state index contributed by atoms with van der Waals surface area (Å²) in [4.78, 5) is 20.7. The van der Waals surface area contributed by atoms with Gasteiger partial charge in [0, 0.05) is 5.57 Å². The van der Waals surface area contributed by atoms with Crippen LogP contribution in [0.1, 0.15) is 6.42 Å². The topological polar surface area (TPSA) is 89.6 Å². The Bertz CT molecular complexity index is 191. The van der Waals surface area contributed by atoms with Crippen molar-refractivity contribution in [1.29, 1.82) is 0 Å². The van der Waals surface area contributed by atoms with Crippen molar-refractivity contribution in [3.63, 3.8) is 0 Å². The van der Waals surface area contributed by atoms with Crippen LogP contribution in [-0.4, -0.2) is 27.0 Å². The van der Waals surface area contributed by atoms with Crippen LogP contribution in [0.3, 0.4) is 0 Å². The highest BCUT2D eigenvalue weighted by Crippen LogP contribution is 1.99. The van der Waals surface area contributed by atoms with Gasteiger partial charge in [-0.05, 0) is 0 Å². The van der Waals surface area contributed by atoms with Crippen LogP contribution in [0, 0.1) is 0 Å². The van der Waals surface area contributed by atoms with Crippen LogP contribution >= 0.6 is 0 Å². The molecule has 0 radical (unpaired) electrons. The summed E-state index contributed by atoms with van der Waals surface area (Å²) in [7, 11) is -1.31. The highest BCUT2D eigenvalue weighted by molar-refractivity contribution is 6.27. The van der Waals surface area contributed by atoms with Crippen molar-refractivity contribution in [2.45, 2.75) is 6.42 Å². The second-order valence-corrected chi connectivity index (χ2v) is 2.39. The van der Waals surface area contributed by atoms with Crippen molar-refractivity contribution in [2.24, 2.45) is 5.40 Å². The fourth-order valence-corrected chi connectivity index (χ4v) is 0.788. The first-order chi connectivity index (χ1) is 5.07. The lowest BCUT2D eigenvalue weighted by Gasteiger charge is -2.01. The largest absolute Gasteiger partial charge is 0.508 e. The summed E-state index contributed by atoms with van der Waals surface area (Å²) in [5.74, 6) is -1.81. The molecule has 0 spiro atoms. The van der Waals surface area contributed by atoms with Gasteiger partial charge in [0.25, 0.3) is 9.92 Å². The normalized spacial score (nSPS) is 9.91. The fourth-order valence-electron chi connectivity index (χ4n) is 0.432. The van der Waals surface area contributed by atoms with Crippen LogP contribution in [0.25, 0.3) is 0 Å². The van der Waals surface area contributed by atoms with Crippen LogP contribution in [0.2, 0.25) is 0 Å². The van der Waals surface area contributed by atoms with E-state index in [1.165, 1.54) is 0 Å². The van der Waals surface area contributed by atoms with Gasteiger partial charge in [0.05, 0.1) is 6.42 Å². The second kappa shape index (κ2) is 4.64. The molecule has 0 rings (SSSR count). The Morgan fingerprint density at radius 2 is 2.18 bits per heavy atom. The number of carbonyl (C=O) groups excluding carboxylic acids is 1. The number of hydrogen-bond acceptors (Lipinski definition) is 4. The molecule has 5 nitrogen and oxygen atoms in total. The number of rotatable bonds is 4. The summed E-state index contributed by atoms with van der Waals surface area (Å²) >= 11 is 0. The van der Waals surface area contributed by atoms with Crippen LogP contribution in [0.5, 0.6) is 0 Å². The Labute approximate surface area is 65.9 Å². The zero-order valence-corrected chi connectivity index (χ0v) is 7.28. The first kappa shape index (κ1) is 9.86. The van der Waals surface area contributed by atoms with Crippen LogP contribution in [-0.2, 0) is 14.0 Å². The number of nitrogens with two attached hydrogens (primary N) is 1. The molecule has 0 saturated carbocycles. The monoisotopic (exact) mass is 175 g/mol. The van der Waals surface area contributed by atoms with Crippen molar-refractivity contribution in [3.05, 3.63) is 12.2 Å². The molecular formula is C5H9NO4Si. The smallest absolute Gasteiger partial charge is 0.321 e. The number of hydrogen-bond donors (Lipinski definition) is 2. The summed E-state index contributed by atoms with van der Waals surface area (Å²) in [6.45, 7) is 3.22. The van der Waals surface area contributed by atoms with Crippen molar-refractivity contribution in [2.75, 3.05) is 0 Å². The molecule has 62 valence electrons. The number of carboxylic acid groups (broad SMARTS) is 1. The highest BCUT2D eigenvalue weighted by Gasteiger charge is 2.10. The zero-order chi connectivity index (χ0) is 8.85. The standard InChI is InChI=1S/C5H9NO4Si/c1-3(2-4(7)8)5(9)10-11-6/h1-2,6,11H2,(H,7,8). The lowest BCUT2D eigenvalue weighted by atomic mass is 10.2. The van der Waals surface area contributed by atoms with Gasteiger partial charge in [0.2, 0.25) is 0 Å². The van der Waals surface area contributed by atoms with Gasteiger partial charge in [0.15, 0.2) is 0 Å². The van der Waals surface area contributed by atoms with E-state index in [-0.39, 0.29) is 5.57 Å². The third kappa shape index (κ3) is 4.29. The molecule has 0 aromatic rings. The predicted molar refractivity (Wildman–Crippen MR) is 40.2 cm³/mol. The molecule has 0 aliphatic carbocycles. The Morgan fingerprint density at radius 3 is 2.55 bits per heavy atom. The molecule has 0 bridgehead atoms. The molecule has 0 unspecified atom stereocenters. The van der Waals surface area contributed by atoms with E-state index in [4.69, 9.17) is 10.5 Å². The van der Waals surface area contributed by atoms with Gasteiger partial charge in [0.1, 0.15) is 0 Å². The average molecular weight is 175 g/mol. The molecule has 0 aromatic carbocycles. The van der Waals surface area contributed by atoms with Crippen molar-refractivity contribution in [1.82, 2.24) is 0 Å². The molecule has 0 aromatic heterocycles. The van der Waals surface area contributed by atoms with Gasteiger partial charge in [-0.3, -0.25) is 4.79 Å². The van der Waals surface area contributed by atoms with E-state index in [2.05, 4.69) is 11.0 Å². The summed E-state index contributed by atoms with van der Waals surface area (Å²) in [5.41, 5.74) is -0.0737. The average Bonchev–Trinajstić information content (AvgIpc) is 1.86. The van der Waals surface area contributed by atoms with Gasteiger partial charge in [-0.15, -0.1) is 0 Å². The quantitative estimate of drug-likeness (QED) is 0.401. The highest BCUT2D eigenvalue weighted by atomic mass is 28.2. The lowest BCUT2D eigenvalue weighted by molar-refractivity contribution is -0.138. The van der Waals surface area contributed by atoms with Gasteiger partial charge < -0.3 is 14.9 Å². The molecular weight excluding hydrogens is 166 g/mol. The summed E-state index contributed by atoms with van der Waals surface area (Å²) in [6, 6.07) is 0. The molecule has 0 atom stereocenters. The van der Waals surface area contributed by atoms with Gasteiger partial charge in [-0.1, -0.05) is 6.58 Å². The summed E-state index contributed by atoms with van der Waals surface area (Å²) < 4.78 is 4.42. The third-order valence-corrected chi connectivity index (χ3v) is 1.30. The van der Waals surface area contributed by atoms with Crippen LogP contribution in [0.4, 0.5) is 0 Å². The molecule has 3 N–H and O–H groups in total. The molecule has 11 heavy (non-hydrogen) atoms. The summed E-state index contributed by atoms with van der Waals surface area (Å²) in [5, 5.41) is 13.2. The minimum atomic E-state index is -1.31. The lowest BCUT2D eigenvalue weighted by Crippen LogP contribution is -2.18. The molecule has 0 aliphatic rings. The Morgan fingerprint density at radius 1 is 1.64 bits per heavy atom. The number of aliphatic carboxylic acids is 1. The first-order valence-electron chi connectivity index (χ1n) is 2.84. The SMILES string of the molecule is C=C(CC(=O)O)C(=O)O[SiH2]N. The molecule has 0 amide bonds. The second-order valence-electron chi connectivity index (χ2n) is 1.77. The molecule has 6 heteroatoms. The summed E-state index contributed by atoms with van der Waals surface area (Å²) in [6.07, 6.45) is -0.396. The number of carboxylic acids is 1. The van der Waals surface area contributed by atoms with E-state index < -0.39 is 28.3 Å². The Hall–Kier alpha value is -1.14. The van der Waals surface area contributed by atoms with E-state index in [0.29, 0.717) is 0 Å². The predicted octanol–water partition coefficient (Wildman–Crippen LogP) is -1.48. The van der Waals surface area contributed by atoms with Crippen LogP contribution < -0.4 is 5.40 Å².